The number of aromatic nitrogens is 5. The lowest BCUT2D eigenvalue weighted by Crippen LogP contribution is -2.32. The fraction of sp³-hybridized carbons (Fsp3) is 0.400. The van der Waals surface area contributed by atoms with Crippen molar-refractivity contribution < 1.29 is 9.32 Å². The maximum absolute atomic E-state index is 12.6. The predicted molar refractivity (Wildman–Crippen MR) is 113 cm³/mol. The van der Waals surface area contributed by atoms with Crippen LogP contribution in [0.2, 0.25) is 0 Å². The van der Waals surface area contributed by atoms with Crippen molar-refractivity contribution in [3.63, 3.8) is 0 Å². The van der Waals surface area contributed by atoms with Crippen LogP contribution in [0.4, 0.5) is 0 Å². The number of carbonyl (C=O) groups excluding carboxylic acids is 1. The van der Waals surface area contributed by atoms with Gasteiger partial charge in [0.05, 0.1) is 0 Å². The number of rotatable bonds is 8. The Hall–Kier alpha value is -3.01. The minimum Gasteiger partial charge on any atom is -0.344 e. The number of nitrogens with one attached hydrogen (secondary N) is 2. The summed E-state index contributed by atoms with van der Waals surface area (Å²) in [4.78, 5) is 40.3. The highest BCUT2D eigenvalue weighted by molar-refractivity contribution is 7.98. The minimum atomic E-state index is -0.433. The lowest BCUT2D eigenvalue weighted by Gasteiger charge is -2.18. The van der Waals surface area contributed by atoms with Gasteiger partial charge in [-0.15, -0.1) is 0 Å². The Bertz CT molecular complexity index is 1060. The molecule has 9 nitrogen and oxygen atoms in total. The molecule has 3 aromatic heterocycles. The molecule has 158 valence electrons. The second-order valence-electron chi connectivity index (χ2n) is 7.12. The molecule has 0 aliphatic rings. The molecule has 1 atom stereocenters. The molecular formula is C20H24N6O3S. The number of carbonyl (C=O) groups is 1. The van der Waals surface area contributed by atoms with Gasteiger partial charge in [-0.05, 0) is 37.7 Å². The number of aromatic amines is 1. The molecule has 30 heavy (non-hydrogen) atoms. The Labute approximate surface area is 178 Å². The topological polar surface area (TPSA) is 127 Å². The predicted octanol–water partition coefficient (Wildman–Crippen LogP) is 2.69. The largest absolute Gasteiger partial charge is 0.344 e. The highest BCUT2D eigenvalue weighted by atomic mass is 32.2. The van der Waals surface area contributed by atoms with Crippen LogP contribution in [0, 0.1) is 12.8 Å². The van der Waals surface area contributed by atoms with Crippen molar-refractivity contribution in [2.75, 3.05) is 6.26 Å². The maximum atomic E-state index is 12.6. The van der Waals surface area contributed by atoms with Crippen LogP contribution < -0.4 is 10.9 Å². The summed E-state index contributed by atoms with van der Waals surface area (Å²) in [6.45, 7) is 5.69. The Balaban J connectivity index is 1.68. The van der Waals surface area contributed by atoms with Gasteiger partial charge in [-0.2, -0.15) is 4.98 Å². The molecule has 10 heteroatoms. The van der Waals surface area contributed by atoms with Gasteiger partial charge in [0.25, 0.3) is 5.56 Å². The van der Waals surface area contributed by atoms with E-state index in [1.54, 1.807) is 31.5 Å². The zero-order valence-electron chi connectivity index (χ0n) is 17.3. The molecule has 0 saturated carbocycles. The fourth-order valence-electron chi connectivity index (χ4n) is 2.95. The van der Waals surface area contributed by atoms with E-state index in [-0.39, 0.29) is 23.8 Å². The van der Waals surface area contributed by atoms with Crippen LogP contribution >= 0.6 is 11.8 Å². The molecule has 3 aromatic rings. The molecule has 0 radical (unpaired) electrons. The van der Waals surface area contributed by atoms with Crippen molar-refractivity contribution in [3.8, 4) is 11.4 Å². The number of pyridine rings is 1. The van der Waals surface area contributed by atoms with Crippen molar-refractivity contribution in [3.05, 3.63) is 52.0 Å². The molecule has 0 aliphatic carbocycles. The van der Waals surface area contributed by atoms with E-state index in [1.807, 2.05) is 20.1 Å². The molecule has 0 saturated heterocycles. The summed E-state index contributed by atoms with van der Waals surface area (Å²) in [5.41, 5.74) is 1.72. The Kier molecular flexibility index (Phi) is 6.99. The lowest BCUT2D eigenvalue weighted by molar-refractivity contribution is -0.122. The summed E-state index contributed by atoms with van der Waals surface area (Å²) >= 11 is 1.37. The van der Waals surface area contributed by atoms with Gasteiger partial charge in [0, 0.05) is 35.6 Å². The third kappa shape index (κ3) is 5.12. The highest BCUT2D eigenvalue weighted by Crippen LogP contribution is 2.23. The van der Waals surface area contributed by atoms with E-state index in [1.165, 1.54) is 11.8 Å². The van der Waals surface area contributed by atoms with E-state index in [4.69, 9.17) is 4.52 Å². The van der Waals surface area contributed by atoms with E-state index < -0.39 is 6.04 Å². The Morgan fingerprint density at radius 1 is 1.27 bits per heavy atom. The molecule has 1 unspecified atom stereocenters. The molecule has 0 bridgehead atoms. The van der Waals surface area contributed by atoms with Gasteiger partial charge in [0.15, 0.2) is 5.16 Å². The summed E-state index contributed by atoms with van der Waals surface area (Å²) in [6, 6.07) is 3.14. The van der Waals surface area contributed by atoms with E-state index >= 15 is 0 Å². The van der Waals surface area contributed by atoms with Crippen LogP contribution in [0.25, 0.3) is 11.4 Å². The third-order valence-corrected chi connectivity index (χ3v) is 5.21. The minimum absolute atomic E-state index is 0.0346. The second kappa shape index (κ2) is 9.66. The van der Waals surface area contributed by atoms with Crippen LogP contribution in [0.1, 0.15) is 43.5 Å². The van der Waals surface area contributed by atoms with Crippen molar-refractivity contribution in [1.29, 1.82) is 0 Å². The molecule has 0 fully saturated rings. The number of hydrogen-bond donors (Lipinski definition) is 2. The van der Waals surface area contributed by atoms with Crippen LogP contribution in [0.3, 0.4) is 0 Å². The van der Waals surface area contributed by atoms with Crippen molar-refractivity contribution in [2.45, 2.75) is 44.8 Å². The smallest absolute Gasteiger partial charge is 0.254 e. The summed E-state index contributed by atoms with van der Waals surface area (Å²) in [7, 11) is 0. The van der Waals surface area contributed by atoms with Crippen LogP contribution in [0.5, 0.6) is 0 Å². The first kappa shape index (κ1) is 21.7. The summed E-state index contributed by atoms with van der Waals surface area (Å²) in [5, 5.41) is 7.52. The Morgan fingerprint density at radius 2 is 2.00 bits per heavy atom. The molecule has 1 amide bonds. The number of H-pyrrole nitrogens is 1. The summed E-state index contributed by atoms with van der Waals surface area (Å²) in [5.74, 6) is 0.608. The van der Waals surface area contributed by atoms with Crippen molar-refractivity contribution in [2.24, 2.45) is 5.92 Å². The first-order valence-corrected chi connectivity index (χ1v) is 10.8. The number of nitrogens with zero attached hydrogens (tertiary/aromatic N) is 4. The van der Waals surface area contributed by atoms with Crippen molar-refractivity contribution in [1.82, 2.24) is 30.4 Å². The SMILES string of the molecule is CSc1nc(C)c(CCC(=O)NC(c2nc(-c3ccncc3)no2)C(C)C)c(=O)[nH]1. The quantitative estimate of drug-likeness (QED) is 0.414. The highest BCUT2D eigenvalue weighted by Gasteiger charge is 2.25. The third-order valence-electron chi connectivity index (χ3n) is 4.63. The summed E-state index contributed by atoms with van der Waals surface area (Å²) in [6.07, 6.45) is 5.59. The molecule has 0 aromatic carbocycles. The van der Waals surface area contributed by atoms with Crippen molar-refractivity contribution >= 4 is 17.7 Å². The number of amides is 1. The van der Waals surface area contributed by atoms with E-state index in [0.717, 1.165) is 5.56 Å². The number of hydrogen-bond acceptors (Lipinski definition) is 8. The average molecular weight is 429 g/mol. The standard InChI is InChI=1S/C20H24N6O3S/c1-11(2)16(19-24-17(26-29-19)13-7-9-21-10-8-13)23-15(27)6-5-14-12(3)22-20(30-4)25-18(14)28/h7-11,16H,5-6H2,1-4H3,(H,23,27)(H,22,25,28). The second-order valence-corrected chi connectivity index (χ2v) is 7.92. The average Bonchev–Trinajstić information content (AvgIpc) is 3.21. The van der Waals surface area contributed by atoms with Gasteiger partial charge in [0.2, 0.25) is 17.6 Å². The molecule has 0 spiro atoms. The van der Waals surface area contributed by atoms with E-state index in [2.05, 4.69) is 30.4 Å². The van der Waals surface area contributed by atoms with Crippen LogP contribution in [-0.2, 0) is 11.2 Å². The van der Waals surface area contributed by atoms with Gasteiger partial charge in [-0.25, -0.2) is 4.98 Å². The normalized spacial score (nSPS) is 12.2. The number of aryl methyl sites for hydroxylation is 1. The number of thioether (sulfide) groups is 1. The maximum Gasteiger partial charge on any atom is 0.254 e. The van der Waals surface area contributed by atoms with Gasteiger partial charge in [0.1, 0.15) is 6.04 Å². The lowest BCUT2D eigenvalue weighted by atomic mass is 10.0. The van der Waals surface area contributed by atoms with Crippen LogP contribution in [0.15, 0.2) is 39.0 Å². The zero-order chi connectivity index (χ0) is 21.7. The molecular weight excluding hydrogens is 404 g/mol. The molecule has 0 aliphatic heterocycles. The monoisotopic (exact) mass is 428 g/mol. The molecule has 2 N–H and O–H groups in total. The molecule has 3 heterocycles. The first-order valence-electron chi connectivity index (χ1n) is 9.56. The first-order chi connectivity index (χ1) is 14.4. The van der Waals surface area contributed by atoms with Gasteiger partial charge < -0.3 is 14.8 Å². The van der Waals surface area contributed by atoms with Gasteiger partial charge >= 0.3 is 0 Å². The summed E-state index contributed by atoms with van der Waals surface area (Å²) < 4.78 is 5.41. The Morgan fingerprint density at radius 3 is 2.63 bits per heavy atom. The molecule has 3 rings (SSSR count). The van der Waals surface area contributed by atoms with Gasteiger partial charge in [-0.3, -0.25) is 14.6 Å². The zero-order valence-corrected chi connectivity index (χ0v) is 18.1. The van der Waals surface area contributed by atoms with E-state index in [9.17, 15) is 9.59 Å². The van der Waals surface area contributed by atoms with Crippen LogP contribution in [-0.4, -0.2) is 37.3 Å². The van der Waals surface area contributed by atoms with Gasteiger partial charge in [-0.1, -0.05) is 30.8 Å². The fourth-order valence-corrected chi connectivity index (χ4v) is 3.38. The van der Waals surface area contributed by atoms with E-state index in [0.29, 0.717) is 34.5 Å².